The van der Waals surface area contributed by atoms with Crippen LogP contribution in [0.3, 0.4) is 0 Å². The highest BCUT2D eigenvalue weighted by Gasteiger charge is 2.57. The fourth-order valence-electron chi connectivity index (χ4n) is 4.69. The number of pyridine rings is 1. The van der Waals surface area contributed by atoms with Crippen LogP contribution >= 0.6 is 0 Å². The lowest BCUT2D eigenvalue weighted by Gasteiger charge is -2.21. The Morgan fingerprint density at radius 2 is 1.97 bits per heavy atom. The second-order valence-corrected chi connectivity index (χ2v) is 8.72. The summed E-state index contributed by atoms with van der Waals surface area (Å²) >= 11 is 0. The van der Waals surface area contributed by atoms with Crippen molar-refractivity contribution in [2.24, 2.45) is 11.8 Å². The lowest BCUT2D eigenvalue weighted by Crippen LogP contribution is -2.31. The fraction of sp³-hybridized carbons (Fsp3) is 0.571. The number of rotatable bonds is 7. The molecule has 0 amide bonds. The van der Waals surface area contributed by atoms with Gasteiger partial charge in [-0.3, -0.25) is 0 Å². The zero-order valence-corrected chi connectivity index (χ0v) is 16.7. The molecule has 0 bridgehead atoms. The zero-order valence-electron chi connectivity index (χ0n) is 16.7. The number of aliphatic hydroxyl groups is 1. The Bertz CT molecular complexity index is 941. The third kappa shape index (κ3) is 3.83. The lowest BCUT2D eigenvalue weighted by atomic mass is 10.1. The molecule has 7 nitrogen and oxygen atoms in total. The quantitative estimate of drug-likeness (QED) is 0.715. The third-order valence-corrected chi connectivity index (χ3v) is 6.23. The standard InChI is InChI=1S/C21H25F2N5O2/c1-10(29)7-28-8-13-14(9-28)18(13)16-5-15(26-20(27-16)11-2-3-11)12-4-17(30-21(22)23)19(24)25-6-12/h4-6,10-11,13-14,18,21,29H,2-3,7-9H2,1H3,(H2,24,25)/t10?,13-,14+,18?. The van der Waals surface area contributed by atoms with E-state index >= 15 is 0 Å². The minimum Gasteiger partial charge on any atom is -0.431 e. The van der Waals surface area contributed by atoms with Crippen molar-refractivity contribution in [1.82, 2.24) is 19.9 Å². The predicted molar refractivity (Wildman–Crippen MR) is 106 cm³/mol. The molecule has 2 unspecified atom stereocenters. The van der Waals surface area contributed by atoms with Gasteiger partial charge < -0.3 is 20.5 Å². The Balaban J connectivity index is 1.42. The topological polar surface area (TPSA) is 97.4 Å². The highest BCUT2D eigenvalue weighted by Crippen LogP contribution is 2.58. The number of piperidine rings is 1. The zero-order chi connectivity index (χ0) is 21.0. The van der Waals surface area contributed by atoms with Crippen molar-refractivity contribution in [2.45, 2.75) is 44.3 Å². The van der Waals surface area contributed by atoms with Gasteiger partial charge in [0.1, 0.15) is 5.82 Å². The number of hydrogen-bond acceptors (Lipinski definition) is 7. The van der Waals surface area contributed by atoms with Gasteiger partial charge in [0.15, 0.2) is 11.6 Å². The molecular formula is C21H25F2N5O2. The number of halogens is 2. The van der Waals surface area contributed by atoms with Crippen LogP contribution in [0.15, 0.2) is 18.3 Å². The molecule has 0 radical (unpaired) electrons. The molecule has 9 heteroatoms. The molecule has 1 aliphatic heterocycles. The SMILES string of the molecule is CC(O)CN1C[C@@H]2C(c3cc(-c4cnc(N)c(OC(F)F)c4)nc(C4CC4)n3)[C@@H]2C1. The van der Waals surface area contributed by atoms with E-state index in [2.05, 4.69) is 14.6 Å². The second kappa shape index (κ2) is 7.39. The predicted octanol–water partition coefficient (Wildman–Crippen LogP) is 2.63. The summed E-state index contributed by atoms with van der Waals surface area (Å²) in [7, 11) is 0. The Morgan fingerprint density at radius 3 is 2.60 bits per heavy atom. The average Bonchev–Trinajstić information content (AvgIpc) is 3.60. The number of aliphatic hydroxyl groups excluding tert-OH is 1. The molecule has 3 fully saturated rings. The van der Waals surface area contributed by atoms with E-state index < -0.39 is 6.61 Å². The number of nitrogens with zero attached hydrogens (tertiary/aromatic N) is 4. The second-order valence-electron chi connectivity index (χ2n) is 8.72. The molecule has 2 saturated carbocycles. The summed E-state index contributed by atoms with van der Waals surface area (Å²) < 4.78 is 29.9. The molecule has 1 saturated heterocycles. The maximum atomic E-state index is 12.7. The highest BCUT2D eigenvalue weighted by molar-refractivity contribution is 5.64. The molecule has 2 aliphatic carbocycles. The van der Waals surface area contributed by atoms with E-state index in [1.807, 2.05) is 13.0 Å². The van der Waals surface area contributed by atoms with Gasteiger partial charge >= 0.3 is 6.61 Å². The number of β-amino-alcohol motifs (C(OH)–C–C–N with tert-alkyl or cyclic N) is 1. The number of alkyl halides is 2. The molecule has 4 atom stereocenters. The van der Waals surface area contributed by atoms with Gasteiger partial charge in [-0.15, -0.1) is 0 Å². The van der Waals surface area contributed by atoms with Gasteiger partial charge in [-0.05, 0) is 43.7 Å². The molecule has 3 N–H and O–H groups in total. The number of fused-ring (bicyclic) bond motifs is 1. The van der Waals surface area contributed by atoms with Crippen LogP contribution in [0.25, 0.3) is 11.3 Å². The largest absolute Gasteiger partial charge is 0.431 e. The van der Waals surface area contributed by atoms with Gasteiger partial charge in [0.25, 0.3) is 0 Å². The molecule has 3 aliphatic rings. The summed E-state index contributed by atoms with van der Waals surface area (Å²) in [6, 6.07) is 3.42. The molecule has 0 spiro atoms. The smallest absolute Gasteiger partial charge is 0.387 e. The van der Waals surface area contributed by atoms with Crippen LogP contribution in [0.4, 0.5) is 14.6 Å². The summed E-state index contributed by atoms with van der Waals surface area (Å²) in [4.78, 5) is 15.9. The fourth-order valence-corrected chi connectivity index (χ4v) is 4.69. The van der Waals surface area contributed by atoms with Crippen LogP contribution in [0.2, 0.25) is 0 Å². The van der Waals surface area contributed by atoms with Gasteiger partial charge in [-0.25, -0.2) is 15.0 Å². The van der Waals surface area contributed by atoms with Crippen molar-refractivity contribution < 1.29 is 18.6 Å². The van der Waals surface area contributed by atoms with Crippen LogP contribution in [0, 0.1) is 11.8 Å². The number of anilines is 1. The van der Waals surface area contributed by atoms with E-state index in [9.17, 15) is 13.9 Å². The minimum atomic E-state index is -2.97. The van der Waals surface area contributed by atoms with Crippen molar-refractivity contribution in [3.8, 4) is 17.0 Å². The van der Waals surface area contributed by atoms with Crippen LogP contribution in [0.5, 0.6) is 5.75 Å². The van der Waals surface area contributed by atoms with E-state index in [0.29, 0.717) is 41.5 Å². The first kappa shape index (κ1) is 19.6. The molecular weight excluding hydrogens is 392 g/mol. The average molecular weight is 417 g/mol. The van der Waals surface area contributed by atoms with Crippen molar-refractivity contribution in [1.29, 1.82) is 0 Å². The number of nitrogens with two attached hydrogens (primary N) is 1. The number of likely N-dealkylation sites (tertiary alicyclic amines) is 1. The Kier molecular flexibility index (Phi) is 4.82. The number of aromatic nitrogens is 3. The number of nitrogen functional groups attached to an aromatic ring is 1. The van der Waals surface area contributed by atoms with Gasteiger partial charge in [0, 0.05) is 48.9 Å². The first-order valence-corrected chi connectivity index (χ1v) is 10.4. The highest BCUT2D eigenvalue weighted by atomic mass is 19.3. The van der Waals surface area contributed by atoms with E-state index in [1.165, 1.54) is 12.3 Å². The lowest BCUT2D eigenvalue weighted by molar-refractivity contribution is -0.0494. The van der Waals surface area contributed by atoms with Crippen molar-refractivity contribution in [3.63, 3.8) is 0 Å². The number of hydrogen-bond donors (Lipinski definition) is 2. The molecule has 30 heavy (non-hydrogen) atoms. The molecule has 2 aromatic rings. The Labute approximate surface area is 173 Å². The van der Waals surface area contributed by atoms with Gasteiger partial charge in [-0.2, -0.15) is 8.78 Å². The van der Waals surface area contributed by atoms with Crippen molar-refractivity contribution in [3.05, 3.63) is 29.8 Å². The molecule has 160 valence electrons. The van der Waals surface area contributed by atoms with Gasteiger partial charge in [-0.1, -0.05) is 0 Å². The minimum absolute atomic E-state index is 0.0781. The first-order valence-electron chi connectivity index (χ1n) is 10.4. The Hall–Kier alpha value is -2.39. The summed E-state index contributed by atoms with van der Waals surface area (Å²) in [6.45, 7) is 1.48. The maximum Gasteiger partial charge on any atom is 0.387 e. The van der Waals surface area contributed by atoms with Crippen molar-refractivity contribution in [2.75, 3.05) is 25.4 Å². The summed E-state index contributed by atoms with van der Waals surface area (Å²) in [5.41, 5.74) is 7.95. The monoisotopic (exact) mass is 417 g/mol. The van der Waals surface area contributed by atoms with Gasteiger partial charge in [0.2, 0.25) is 0 Å². The normalized spacial score (nSPS) is 26.6. The van der Waals surface area contributed by atoms with E-state index in [1.54, 1.807) is 0 Å². The van der Waals surface area contributed by atoms with E-state index in [0.717, 1.165) is 37.4 Å². The summed E-state index contributed by atoms with van der Waals surface area (Å²) in [6.07, 6.45) is 3.36. The van der Waals surface area contributed by atoms with Crippen LogP contribution in [0.1, 0.15) is 43.1 Å². The van der Waals surface area contributed by atoms with E-state index in [4.69, 9.17) is 15.7 Å². The molecule has 0 aromatic carbocycles. The molecule has 5 rings (SSSR count). The third-order valence-electron chi connectivity index (χ3n) is 6.23. The maximum absolute atomic E-state index is 12.7. The van der Waals surface area contributed by atoms with Crippen LogP contribution in [-0.2, 0) is 0 Å². The van der Waals surface area contributed by atoms with Crippen molar-refractivity contribution >= 4 is 5.82 Å². The molecule has 2 aromatic heterocycles. The van der Waals surface area contributed by atoms with Gasteiger partial charge in [0.05, 0.1) is 11.8 Å². The van der Waals surface area contributed by atoms with Crippen LogP contribution in [-0.4, -0.2) is 57.3 Å². The van der Waals surface area contributed by atoms with E-state index in [-0.39, 0.29) is 17.7 Å². The molecule has 3 heterocycles. The van der Waals surface area contributed by atoms with Crippen LogP contribution < -0.4 is 10.5 Å². The summed E-state index contributed by atoms with van der Waals surface area (Å²) in [5, 5.41) is 9.63. The summed E-state index contributed by atoms with van der Waals surface area (Å²) in [5.74, 6) is 2.43. The number of ether oxygens (including phenoxy) is 1. The first-order chi connectivity index (χ1) is 14.4. The Morgan fingerprint density at radius 1 is 1.23 bits per heavy atom.